The maximum Gasteiger partial charge on any atom is 0.211 e. The minimum absolute atomic E-state index is 0.0473. The van der Waals surface area contributed by atoms with E-state index in [2.05, 4.69) is 44.9 Å². The van der Waals surface area contributed by atoms with Gasteiger partial charge in [0.1, 0.15) is 10.8 Å². The standard InChI is InChI=1S/C28H26ClN5O2S2/c1-38(35,36)33-14-10-23(11-15-33)34-25-17-20(6-9-24(25)32-27(34)21-3-2-12-30-18-21)26(28-31-13-16-37-28)19-4-7-22(29)8-5-19/h2-9,12-13,16-18,23,26H,10-11,14-15H2,1H3. The minimum atomic E-state index is -3.22. The van der Waals surface area contributed by atoms with E-state index in [1.54, 1.807) is 21.8 Å². The van der Waals surface area contributed by atoms with Gasteiger partial charge in [-0.25, -0.2) is 22.7 Å². The molecule has 1 fully saturated rings. The number of halogens is 1. The van der Waals surface area contributed by atoms with Gasteiger partial charge in [-0.2, -0.15) is 0 Å². The number of aromatic nitrogens is 4. The van der Waals surface area contributed by atoms with E-state index in [1.807, 2.05) is 42.0 Å². The van der Waals surface area contributed by atoms with Gasteiger partial charge >= 0.3 is 0 Å². The number of benzene rings is 2. The minimum Gasteiger partial charge on any atom is -0.321 e. The molecule has 6 rings (SSSR count). The Morgan fingerprint density at radius 2 is 1.79 bits per heavy atom. The molecule has 1 saturated heterocycles. The molecule has 38 heavy (non-hydrogen) atoms. The maximum atomic E-state index is 12.2. The third-order valence-electron chi connectivity index (χ3n) is 7.13. The number of rotatable bonds is 6. The highest BCUT2D eigenvalue weighted by molar-refractivity contribution is 7.88. The van der Waals surface area contributed by atoms with Gasteiger partial charge in [0.2, 0.25) is 10.0 Å². The highest BCUT2D eigenvalue weighted by Gasteiger charge is 2.29. The molecule has 1 aliphatic heterocycles. The van der Waals surface area contributed by atoms with E-state index in [1.165, 1.54) is 6.26 Å². The van der Waals surface area contributed by atoms with Crippen LogP contribution in [0.25, 0.3) is 22.4 Å². The topological polar surface area (TPSA) is 81.0 Å². The van der Waals surface area contributed by atoms with Crippen LogP contribution in [0.5, 0.6) is 0 Å². The molecular formula is C28H26ClN5O2S2. The van der Waals surface area contributed by atoms with E-state index >= 15 is 0 Å². The van der Waals surface area contributed by atoms with Gasteiger partial charge in [0.15, 0.2) is 0 Å². The number of hydrogen-bond donors (Lipinski definition) is 0. The summed E-state index contributed by atoms with van der Waals surface area (Å²) in [4.78, 5) is 14.0. The van der Waals surface area contributed by atoms with Gasteiger partial charge in [-0.15, -0.1) is 11.3 Å². The summed E-state index contributed by atoms with van der Waals surface area (Å²) in [5, 5.41) is 3.70. The van der Waals surface area contributed by atoms with E-state index in [-0.39, 0.29) is 12.0 Å². The van der Waals surface area contributed by atoms with Crippen molar-refractivity contribution < 1.29 is 8.42 Å². The fraction of sp³-hybridized carbons (Fsp3) is 0.250. The molecule has 0 spiro atoms. The zero-order chi connectivity index (χ0) is 26.3. The summed E-state index contributed by atoms with van der Waals surface area (Å²) < 4.78 is 28.2. The lowest BCUT2D eigenvalue weighted by molar-refractivity contribution is 0.280. The predicted molar refractivity (Wildman–Crippen MR) is 152 cm³/mol. The molecule has 7 nitrogen and oxygen atoms in total. The number of sulfonamides is 1. The van der Waals surface area contributed by atoms with Crippen LogP contribution in [0.3, 0.4) is 0 Å². The van der Waals surface area contributed by atoms with Gasteiger partial charge in [0.25, 0.3) is 0 Å². The van der Waals surface area contributed by atoms with Crippen LogP contribution in [-0.4, -0.2) is 51.6 Å². The van der Waals surface area contributed by atoms with Crippen LogP contribution in [0.2, 0.25) is 5.02 Å². The van der Waals surface area contributed by atoms with Crippen molar-refractivity contribution in [3.05, 3.63) is 99.7 Å². The second kappa shape index (κ2) is 10.2. The Hall–Kier alpha value is -3.11. The first-order valence-electron chi connectivity index (χ1n) is 12.4. The zero-order valence-corrected chi connectivity index (χ0v) is 23.1. The van der Waals surface area contributed by atoms with Gasteiger partial charge in [-0.3, -0.25) is 4.98 Å². The molecule has 2 aromatic carbocycles. The number of nitrogens with zero attached hydrogens (tertiary/aromatic N) is 5. The molecule has 0 bridgehead atoms. The Morgan fingerprint density at radius 3 is 2.45 bits per heavy atom. The molecule has 1 aliphatic rings. The molecule has 1 unspecified atom stereocenters. The quantitative estimate of drug-likeness (QED) is 0.254. The van der Waals surface area contributed by atoms with Gasteiger partial charge in [-0.05, 0) is 60.4 Å². The zero-order valence-electron chi connectivity index (χ0n) is 20.7. The summed E-state index contributed by atoms with van der Waals surface area (Å²) in [7, 11) is -3.22. The van der Waals surface area contributed by atoms with Crippen molar-refractivity contribution in [2.24, 2.45) is 0 Å². The summed E-state index contributed by atoms with van der Waals surface area (Å²) in [6.07, 6.45) is 8.12. The number of pyridine rings is 1. The number of fused-ring (bicyclic) bond motifs is 1. The van der Waals surface area contributed by atoms with Crippen LogP contribution in [0.15, 0.2) is 78.6 Å². The highest BCUT2D eigenvalue weighted by atomic mass is 35.5. The van der Waals surface area contributed by atoms with Gasteiger partial charge in [0.05, 0.1) is 23.2 Å². The maximum absolute atomic E-state index is 12.2. The lowest BCUT2D eigenvalue weighted by Crippen LogP contribution is -2.38. The Morgan fingerprint density at radius 1 is 1.03 bits per heavy atom. The molecule has 10 heteroatoms. The summed E-state index contributed by atoms with van der Waals surface area (Å²) >= 11 is 7.83. The smallest absolute Gasteiger partial charge is 0.211 e. The molecule has 0 N–H and O–H groups in total. The van der Waals surface area contributed by atoms with Crippen molar-refractivity contribution in [1.29, 1.82) is 0 Å². The van der Waals surface area contributed by atoms with Crippen molar-refractivity contribution in [2.45, 2.75) is 24.8 Å². The molecular weight excluding hydrogens is 538 g/mol. The second-order valence-electron chi connectivity index (χ2n) is 9.54. The van der Waals surface area contributed by atoms with E-state index in [0.717, 1.165) is 38.6 Å². The summed E-state index contributed by atoms with van der Waals surface area (Å²) in [5.74, 6) is 0.800. The lowest BCUT2D eigenvalue weighted by atomic mass is 9.91. The Labute approximate surface area is 230 Å². The monoisotopic (exact) mass is 563 g/mol. The highest BCUT2D eigenvalue weighted by Crippen LogP contribution is 2.38. The molecule has 4 heterocycles. The molecule has 0 radical (unpaired) electrons. The molecule has 194 valence electrons. The van der Waals surface area contributed by atoms with Crippen molar-refractivity contribution in [1.82, 2.24) is 23.8 Å². The normalized spacial score (nSPS) is 16.2. The van der Waals surface area contributed by atoms with E-state index in [4.69, 9.17) is 16.6 Å². The second-order valence-corrected chi connectivity index (χ2v) is 12.9. The van der Waals surface area contributed by atoms with Crippen molar-refractivity contribution in [3.8, 4) is 11.4 Å². The van der Waals surface area contributed by atoms with Gasteiger partial charge in [0, 0.05) is 53.7 Å². The molecule has 0 aliphatic carbocycles. The van der Waals surface area contributed by atoms with Gasteiger partial charge < -0.3 is 4.57 Å². The van der Waals surface area contributed by atoms with Crippen LogP contribution >= 0.6 is 22.9 Å². The molecule has 3 aromatic heterocycles. The number of thiazole rings is 1. The van der Waals surface area contributed by atoms with Crippen molar-refractivity contribution in [2.75, 3.05) is 19.3 Å². The first-order chi connectivity index (χ1) is 18.4. The molecule has 0 saturated carbocycles. The summed E-state index contributed by atoms with van der Waals surface area (Å²) in [6.45, 7) is 0.976. The largest absolute Gasteiger partial charge is 0.321 e. The van der Waals surface area contributed by atoms with Crippen LogP contribution < -0.4 is 0 Å². The van der Waals surface area contributed by atoms with Crippen molar-refractivity contribution in [3.63, 3.8) is 0 Å². The number of hydrogen-bond acceptors (Lipinski definition) is 6. The van der Waals surface area contributed by atoms with Crippen molar-refractivity contribution >= 4 is 44.0 Å². The fourth-order valence-corrected chi connectivity index (χ4v) is 7.09. The van der Waals surface area contributed by atoms with Crippen LogP contribution in [0.4, 0.5) is 0 Å². The fourth-order valence-electron chi connectivity index (χ4n) is 5.30. The van der Waals surface area contributed by atoms with E-state index < -0.39 is 10.0 Å². The third-order valence-corrected chi connectivity index (χ3v) is 9.52. The Bertz CT molecular complexity index is 1660. The number of piperidine rings is 1. The number of imidazole rings is 1. The van der Waals surface area contributed by atoms with Crippen LogP contribution in [0.1, 0.15) is 40.9 Å². The average Bonchev–Trinajstić information content (AvgIpc) is 3.58. The summed E-state index contributed by atoms with van der Waals surface area (Å²) in [6, 6.07) is 18.4. The third kappa shape index (κ3) is 4.87. The Balaban J connectivity index is 1.49. The van der Waals surface area contributed by atoms with E-state index in [0.29, 0.717) is 31.0 Å². The van der Waals surface area contributed by atoms with E-state index in [9.17, 15) is 8.42 Å². The predicted octanol–water partition coefficient (Wildman–Crippen LogP) is 5.98. The SMILES string of the molecule is CS(=O)(=O)N1CCC(n2c(-c3cccnc3)nc3ccc(C(c4ccc(Cl)cc4)c4nccs4)cc32)CC1. The lowest BCUT2D eigenvalue weighted by Gasteiger charge is -2.32. The summed E-state index contributed by atoms with van der Waals surface area (Å²) in [5.41, 5.74) is 5.08. The molecule has 5 aromatic rings. The van der Waals surface area contributed by atoms with Gasteiger partial charge in [-0.1, -0.05) is 29.8 Å². The molecule has 1 atom stereocenters. The molecule has 0 amide bonds. The van der Waals surface area contributed by atoms with Crippen LogP contribution in [-0.2, 0) is 10.0 Å². The first kappa shape index (κ1) is 25.2. The first-order valence-corrected chi connectivity index (χ1v) is 15.5. The Kier molecular flexibility index (Phi) is 6.77. The van der Waals surface area contributed by atoms with Crippen LogP contribution in [0, 0.1) is 0 Å². The average molecular weight is 564 g/mol.